The predicted molar refractivity (Wildman–Crippen MR) is 69.6 cm³/mol. The molecule has 18 heavy (non-hydrogen) atoms. The zero-order valence-electron chi connectivity index (χ0n) is 10.9. The van der Waals surface area contributed by atoms with Crippen molar-refractivity contribution in [1.29, 1.82) is 0 Å². The van der Waals surface area contributed by atoms with E-state index >= 15 is 0 Å². The van der Waals surface area contributed by atoms with E-state index in [1.807, 2.05) is 20.8 Å². The van der Waals surface area contributed by atoms with Crippen LogP contribution in [0.5, 0.6) is 0 Å². The summed E-state index contributed by atoms with van der Waals surface area (Å²) in [7, 11) is 0. The van der Waals surface area contributed by atoms with E-state index in [0.29, 0.717) is 11.1 Å². The first-order chi connectivity index (χ1) is 8.34. The van der Waals surface area contributed by atoms with Gasteiger partial charge in [0.25, 0.3) is 5.91 Å². The van der Waals surface area contributed by atoms with Crippen LogP contribution in [0.15, 0.2) is 24.3 Å². The van der Waals surface area contributed by atoms with Gasteiger partial charge >= 0.3 is 0 Å². The third-order valence-corrected chi connectivity index (χ3v) is 2.76. The number of hydrogen-bond acceptors (Lipinski definition) is 3. The summed E-state index contributed by atoms with van der Waals surface area (Å²) in [6.45, 7) is 5.92. The van der Waals surface area contributed by atoms with Crippen LogP contribution in [-0.2, 0) is 0 Å². The van der Waals surface area contributed by atoms with Crippen LogP contribution in [0.25, 0.3) is 0 Å². The number of carbonyl (C=O) groups excluding carboxylic acids is 2. The number of rotatable bonds is 4. The molecule has 2 N–H and O–H groups in total. The van der Waals surface area contributed by atoms with Crippen molar-refractivity contribution in [1.82, 2.24) is 5.32 Å². The Hall–Kier alpha value is -1.68. The van der Waals surface area contributed by atoms with E-state index in [2.05, 4.69) is 5.32 Å². The molecule has 1 aromatic carbocycles. The van der Waals surface area contributed by atoms with Crippen molar-refractivity contribution in [2.75, 3.05) is 6.54 Å². The number of aliphatic hydroxyl groups is 1. The van der Waals surface area contributed by atoms with Gasteiger partial charge in [-0.2, -0.15) is 0 Å². The van der Waals surface area contributed by atoms with Gasteiger partial charge in [-0.05, 0) is 17.5 Å². The summed E-state index contributed by atoms with van der Waals surface area (Å²) in [5.41, 5.74) is 0.734. The summed E-state index contributed by atoms with van der Waals surface area (Å²) in [5.74, 6) is -0.254. The van der Waals surface area contributed by atoms with Gasteiger partial charge in [-0.15, -0.1) is 0 Å². The average molecular weight is 249 g/mol. The Balaban J connectivity index is 2.57. The molecule has 0 saturated carbocycles. The van der Waals surface area contributed by atoms with Gasteiger partial charge in [0.15, 0.2) is 0 Å². The number of carbonyl (C=O) groups is 2. The van der Waals surface area contributed by atoms with Crippen LogP contribution in [0.2, 0.25) is 0 Å². The summed E-state index contributed by atoms with van der Waals surface area (Å²) in [6, 6.07) is 6.34. The topological polar surface area (TPSA) is 66.4 Å². The lowest BCUT2D eigenvalue weighted by Crippen LogP contribution is -2.39. The van der Waals surface area contributed by atoms with Crippen molar-refractivity contribution < 1.29 is 14.7 Å². The SMILES string of the molecule is CC(C)(C)C(O)CNC(=O)c1ccc(C=O)cc1. The second-order valence-electron chi connectivity index (χ2n) is 5.33. The highest BCUT2D eigenvalue weighted by atomic mass is 16.3. The Morgan fingerprint density at radius 1 is 1.33 bits per heavy atom. The van der Waals surface area contributed by atoms with E-state index < -0.39 is 6.10 Å². The number of hydrogen-bond donors (Lipinski definition) is 2. The summed E-state index contributed by atoms with van der Waals surface area (Å²) >= 11 is 0. The molecular formula is C14H19NO3. The van der Waals surface area contributed by atoms with Crippen LogP contribution >= 0.6 is 0 Å². The van der Waals surface area contributed by atoms with Gasteiger partial charge in [0, 0.05) is 17.7 Å². The molecule has 0 aliphatic heterocycles. The first kappa shape index (κ1) is 14.4. The molecule has 0 spiro atoms. The van der Waals surface area contributed by atoms with E-state index in [-0.39, 0.29) is 17.9 Å². The van der Waals surface area contributed by atoms with Gasteiger partial charge in [-0.1, -0.05) is 32.9 Å². The highest BCUT2D eigenvalue weighted by molar-refractivity contribution is 5.94. The van der Waals surface area contributed by atoms with Gasteiger partial charge in [-0.3, -0.25) is 9.59 Å². The van der Waals surface area contributed by atoms with Crippen LogP contribution in [0.4, 0.5) is 0 Å². The Labute approximate surface area is 107 Å². The Morgan fingerprint density at radius 2 is 1.89 bits per heavy atom. The van der Waals surface area contributed by atoms with Gasteiger partial charge in [0.05, 0.1) is 6.10 Å². The lowest BCUT2D eigenvalue weighted by Gasteiger charge is -2.25. The molecule has 0 radical (unpaired) electrons. The van der Waals surface area contributed by atoms with Crippen LogP contribution in [0.3, 0.4) is 0 Å². The third kappa shape index (κ3) is 3.96. The maximum absolute atomic E-state index is 11.8. The molecule has 0 aliphatic rings. The van der Waals surface area contributed by atoms with Crippen molar-refractivity contribution >= 4 is 12.2 Å². The zero-order chi connectivity index (χ0) is 13.8. The fourth-order valence-electron chi connectivity index (χ4n) is 1.31. The molecule has 0 aromatic heterocycles. The second-order valence-corrected chi connectivity index (χ2v) is 5.33. The Kier molecular flexibility index (Phi) is 4.62. The minimum absolute atomic E-state index is 0.206. The second kappa shape index (κ2) is 5.78. The quantitative estimate of drug-likeness (QED) is 0.797. The molecule has 0 aliphatic carbocycles. The van der Waals surface area contributed by atoms with Crippen molar-refractivity contribution in [3.63, 3.8) is 0 Å². The van der Waals surface area contributed by atoms with Crippen molar-refractivity contribution in [3.05, 3.63) is 35.4 Å². The zero-order valence-corrected chi connectivity index (χ0v) is 10.9. The van der Waals surface area contributed by atoms with E-state index in [4.69, 9.17) is 0 Å². The predicted octanol–water partition coefficient (Wildman–Crippen LogP) is 1.64. The Bertz CT molecular complexity index is 418. The van der Waals surface area contributed by atoms with E-state index in [9.17, 15) is 14.7 Å². The van der Waals surface area contributed by atoms with Crippen LogP contribution in [0, 0.1) is 5.41 Å². The lowest BCUT2D eigenvalue weighted by molar-refractivity contribution is 0.0587. The molecule has 1 amide bonds. The maximum Gasteiger partial charge on any atom is 0.251 e. The van der Waals surface area contributed by atoms with E-state index in [0.717, 1.165) is 6.29 Å². The van der Waals surface area contributed by atoms with Crippen LogP contribution in [-0.4, -0.2) is 29.9 Å². The fourth-order valence-corrected chi connectivity index (χ4v) is 1.31. The number of nitrogens with one attached hydrogen (secondary N) is 1. The van der Waals surface area contributed by atoms with Gasteiger partial charge in [0.1, 0.15) is 6.29 Å². The molecule has 0 fully saturated rings. The van der Waals surface area contributed by atoms with Crippen LogP contribution in [0.1, 0.15) is 41.5 Å². The third-order valence-electron chi connectivity index (χ3n) is 2.76. The van der Waals surface area contributed by atoms with Crippen LogP contribution < -0.4 is 5.32 Å². The molecule has 0 saturated heterocycles. The largest absolute Gasteiger partial charge is 0.391 e. The van der Waals surface area contributed by atoms with Crippen molar-refractivity contribution in [3.8, 4) is 0 Å². The molecule has 1 unspecified atom stereocenters. The van der Waals surface area contributed by atoms with Gasteiger partial charge < -0.3 is 10.4 Å². The maximum atomic E-state index is 11.8. The summed E-state index contributed by atoms with van der Waals surface area (Å²) in [6.07, 6.45) is 0.126. The molecule has 1 aromatic rings. The first-order valence-corrected chi connectivity index (χ1v) is 5.86. The normalized spacial score (nSPS) is 12.9. The molecule has 0 bridgehead atoms. The number of aliphatic hydroxyl groups excluding tert-OH is 1. The average Bonchev–Trinajstić information content (AvgIpc) is 2.34. The first-order valence-electron chi connectivity index (χ1n) is 5.86. The summed E-state index contributed by atoms with van der Waals surface area (Å²) in [5, 5.41) is 12.5. The summed E-state index contributed by atoms with van der Waals surface area (Å²) in [4.78, 5) is 22.2. The molecule has 0 heterocycles. The van der Waals surface area contributed by atoms with E-state index in [1.165, 1.54) is 0 Å². The lowest BCUT2D eigenvalue weighted by atomic mass is 9.89. The number of amides is 1. The van der Waals surface area contributed by atoms with Crippen molar-refractivity contribution in [2.45, 2.75) is 26.9 Å². The molecule has 1 atom stereocenters. The highest BCUT2D eigenvalue weighted by Gasteiger charge is 2.22. The molecule has 4 nitrogen and oxygen atoms in total. The minimum Gasteiger partial charge on any atom is -0.391 e. The van der Waals surface area contributed by atoms with Gasteiger partial charge in [0.2, 0.25) is 0 Å². The standard InChI is InChI=1S/C14H19NO3/c1-14(2,3)12(17)8-15-13(18)11-6-4-10(9-16)5-7-11/h4-7,9,12,17H,8H2,1-3H3,(H,15,18). The smallest absolute Gasteiger partial charge is 0.251 e. The highest BCUT2D eigenvalue weighted by Crippen LogP contribution is 2.18. The molecule has 4 heteroatoms. The number of benzene rings is 1. The monoisotopic (exact) mass is 249 g/mol. The van der Waals surface area contributed by atoms with E-state index in [1.54, 1.807) is 24.3 Å². The Morgan fingerprint density at radius 3 is 2.33 bits per heavy atom. The molecular weight excluding hydrogens is 230 g/mol. The summed E-state index contributed by atoms with van der Waals surface area (Å²) < 4.78 is 0. The fraction of sp³-hybridized carbons (Fsp3) is 0.429. The minimum atomic E-state index is -0.601. The van der Waals surface area contributed by atoms with Gasteiger partial charge in [-0.25, -0.2) is 0 Å². The molecule has 98 valence electrons. The number of aldehydes is 1. The molecule has 1 rings (SSSR count). The van der Waals surface area contributed by atoms with Crippen molar-refractivity contribution in [2.24, 2.45) is 5.41 Å².